The van der Waals surface area contributed by atoms with Crippen LogP contribution in [0.4, 0.5) is 0 Å². The van der Waals surface area contributed by atoms with Crippen molar-refractivity contribution < 1.29 is 0 Å². The Balaban J connectivity index is 3.65. The highest BCUT2D eigenvalue weighted by Gasteiger charge is 1.65. The summed E-state index contributed by atoms with van der Waals surface area (Å²) in [6.45, 7) is 2.09. The molecule has 0 aliphatic rings. The third kappa shape index (κ3) is 12.0. The van der Waals surface area contributed by atoms with Crippen LogP contribution < -0.4 is 5.53 Å². The maximum absolute atomic E-state index is 9.54. The summed E-state index contributed by atoms with van der Waals surface area (Å²) in [7, 11) is 0. The minimum atomic E-state index is 1.04. The van der Waals surface area contributed by atoms with Gasteiger partial charge in [0.25, 0.3) is 0 Å². The number of hydrazone groups is 1. The molecule has 1 N–H and O–H groups in total. The minimum absolute atomic E-state index is 1.04. The Hall–Kier alpha value is -1.97. The fraction of sp³-hybridized carbons (Fsp3) is 0.182. The molecule has 15 heavy (non-hydrogen) atoms. The van der Waals surface area contributed by atoms with Crippen molar-refractivity contribution in [2.75, 3.05) is 0 Å². The molecule has 0 aliphatic carbocycles. The Morgan fingerprint density at radius 1 is 1.00 bits per heavy atom. The molecule has 0 amide bonds. The summed E-state index contributed by atoms with van der Waals surface area (Å²) in [5.74, 6) is 0. The predicted octanol–water partition coefficient (Wildman–Crippen LogP) is 2.88. The lowest BCUT2D eigenvalue weighted by atomic mass is 10.3. The smallest absolute Gasteiger partial charge is 0.0722 e. The van der Waals surface area contributed by atoms with Crippen molar-refractivity contribution in [3.63, 3.8) is 0 Å². The van der Waals surface area contributed by atoms with Crippen molar-refractivity contribution in [2.24, 2.45) is 10.4 Å². The van der Waals surface area contributed by atoms with Gasteiger partial charge in [0.1, 0.15) is 0 Å². The summed E-state index contributed by atoms with van der Waals surface area (Å²) in [5, 5.41) is 5.79. The van der Waals surface area contributed by atoms with Crippen LogP contribution in [0.3, 0.4) is 0 Å². The first-order valence-corrected chi connectivity index (χ1v) is 4.67. The van der Waals surface area contributed by atoms with E-state index < -0.39 is 0 Å². The van der Waals surface area contributed by atoms with Crippen LogP contribution in [0.25, 0.3) is 0 Å². The molecule has 0 bridgehead atoms. The molecule has 0 aromatic carbocycles. The van der Waals surface area contributed by atoms with E-state index in [-0.39, 0.29) is 0 Å². The number of nitroso groups, excluding NO2 is 1. The molecule has 0 aromatic rings. The Morgan fingerprint density at radius 2 is 1.60 bits per heavy atom. The lowest BCUT2D eigenvalue weighted by Crippen LogP contribution is -1.89. The molecule has 4 nitrogen and oxygen atoms in total. The number of hydrogen-bond donors (Lipinski definition) is 1. The van der Waals surface area contributed by atoms with Crippen molar-refractivity contribution in [3.05, 3.63) is 53.5 Å². The maximum atomic E-state index is 9.54. The normalized spacial score (nSPS) is 12.9. The molecule has 0 aromatic heterocycles. The molecule has 0 heterocycles. The van der Waals surface area contributed by atoms with E-state index in [2.05, 4.69) is 23.4 Å². The molecule has 4 heteroatoms. The summed E-state index contributed by atoms with van der Waals surface area (Å²) in [6, 6.07) is 0. The van der Waals surface area contributed by atoms with Gasteiger partial charge >= 0.3 is 0 Å². The lowest BCUT2D eigenvalue weighted by molar-refractivity contribution is 0.804. The first-order valence-electron chi connectivity index (χ1n) is 4.67. The fourth-order valence-electron chi connectivity index (χ4n) is 0.685. The Bertz CT molecular complexity index is 288. The number of rotatable bonds is 7. The topological polar surface area (TPSA) is 53.8 Å². The van der Waals surface area contributed by atoms with E-state index in [0.29, 0.717) is 0 Å². The summed E-state index contributed by atoms with van der Waals surface area (Å²) >= 11 is 0. The van der Waals surface area contributed by atoms with E-state index in [4.69, 9.17) is 0 Å². The Morgan fingerprint density at radius 3 is 2.20 bits per heavy atom. The first kappa shape index (κ1) is 13.0. The molecule has 0 fully saturated rings. The van der Waals surface area contributed by atoms with E-state index in [9.17, 15) is 4.91 Å². The molecule has 0 unspecified atom stereocenters. The molecule has 0 saturated heterocycles. The van der Waals surface area contributed by atoms with Gasteiger partial charge in [-0.1, -0.05) is 49.5 Å². The SMILES string of the molecule is CC/C=C/C=C/C=C/C=C/C=N\NN=O. The third-order valence-electron chi connectivity index (χ3n) is 1.30. The molecule has 0 spiro atoms. The van der Waals surface area contributed by atoms with Crippen molar-refractivity contribution in [1.82, 2.24) is 5.53 Å². The minimum Gasteiger partial charge on any atom is -0.164 e. The van der Waals surface area contributed by atoms with Gasteiger partial charge in [0, 0.05) is 6.21 Å². The van der Waals surface area contributed by atoms with Gasteiger partial charge in [0.05, 0.1) is 5.29 Å². The number of nitrogens with zero attached hydrogens (tertiary/aromatic N) is 2. The molecule has 0 radical (unpaired) electrons. The standard InChI is InChI=1S/C11H15N3O/c1-2-3-4-5-6-7-8-9-10-11-12-13-14-15/h3-11H,2H2,1H3,(H,13,15)/b4-3+,6-5+,8-7+,10-9+,12-11-. The molecule has 80 valence electrons. The monoisotopic (exact) mass is 205 g/mol. The number of nitrogens with one attached hydrogen (secondary N) is 1. The molecule has 0 atom stereocenters. The summed E-state index contributed by atoms with van der Waals surface area (Å²) in [4.78, 5) is 9.54. The number of hydrogen-bond acceptors (Lipinski definition) is 3. The highest BCUT2D eigenvalue weighted by molar-refractivity contribution is 5.71. The van der Waals surface area contributed by atoms with Gasteiger partial charge in [-0.05, 0) is 12.5 Å². The molecular weight excluding hydrogens is 190 g/mol. The second kappa shape index (κ2) is 12.0. The van der Waals surface area contributed by atoms with Crippen LogP contribution >= 0.6 is 0 Å². The van der Waals surface area contributed by atoms with E-state index in [1.807, 2.05) is 35.9 Å². The van der Waals surface area contributed by atoms with E-state index in [1.54, 1.807) is 12.2 Å². The number of allylic oxidation sites excluding steroid dienone is 8. The fourth-order valence-corrected chi connectivity index (χ4v) is 0.685. The van der Waals surface area contributed by atoms with Crippen molar-refractivity contribution >= 4 is 6.21 Å². The highest BCUT2D eigenvalue weighted by Crippen LogP contribution is 1.83. The zero-order valence-electron chi connectivity index (χ0n) is 8.71. The highest BCUT2D eigenvalue weighted by atomic mass is 16.3. The van der Waals surface area contributed by atoms with Gasteiger partial charge in [0.2, 0.25) is 0 Å². The van der Waals surface area contributed by atoms with Crippen LogP contribution in [-0.4, -0.2) is 6.21 Å². The van der Waals surface area contributed by atoms with Gasteiger partial charge in [-0.3, -0.25) is 0 Å². The average molecular weight is 205 g/mol. The lowest BCUT2D eigenvalue weighted by Gasteiger charge is -1.77. The maximum Gasteiger partial charge on any atom is 0.0722 e. The van der Waals surface area contributed by atoms with Crippen molar-refractivity contribution in [3.8, 4) is 0 Å². The third-order valence-corrected chi connectivity index (χ3v) is 1.30. The predicted molar refractivity (Wildman–Crippen MR) is 64.3 cm³/mol. The molecule has 0 rings (SSSR count). The second-order valence-corrected chi connectivity index (χ2v) is 2.46. The van der Waals surface area contributed by atoms with Crippen molar-refractivity contribution in [2.45, 2.75) is 13.3 Å². The van der Waals surface area contributed by atoms with Crippen LogP contribution in [0.1, 0.15) is 13.3 Å². The van der Waals surface area contributed by atoms with E-state index in [1.165, 1.54) is 6.21 Å². The largest absolute Gasteiger partial charge is 0.164 e. The zero-order valence-corrected chi connectivity index (χ0v) is 8.71. The van der Waals surface area contributed by atoms with Gasteiger partial charge < -0.3 is 0 Å². The quantitative estimate of drug-likeness (QED) is 0.301. The average Bonchev–Trinajstić information content (AvgIpc) is 2.26. The Labute approximate surface area is 89.7 Å². The van der Waals surface area contributed by atoms with Gasteiger partial charge in [-0.2, -0.15) is 10.6 Å². The summed E-state index contributed by atoms with van der Waals surface area (Å²) in [6.07, 6.45) is 17.7. The van der Waals surface area contributed by atoms with Gasteiger partial charge in [0.15, 0.2) is 0 Å². The van der Waals surface area contributed by atoms with Crippen LogP contribution in [0.2, 0.25) is 0 Å². The van der Waals surface area contributed by atoms with Crippen molar-refractivity contribution in [1.29, 1.82) is 0 Å². The zero-order chi connectivity index (χ0) is 11.2. The molecule has 0 saturated carbocycles. The van der Waals surface area contributed by atoms with E-state index in [0.717, 1.165) is 6.42 Å². The van der Waals surface area contributed by atoms with Crippen LogP contribution in [0.15, 0.2) is 59.0 Å². The van der Waals surface area contributed by atoms with Gasteiger partial charge in [-0.25, -0.2) is 0 Å². The van der Waals surface area contributed by atoms with Gasteiger partial charge in [-0.15, -0.1) is 4.91 Å². The van der Waals surface area contributed by atoms with Crippen LogP contribution in [-0.2, 0) is 0 Å². The first-order chi connectivity index (χ1) is 7.41. The molecule has 0 aliphatic heterocycles. The van der Waals surface area contributed by atoms with Crippen LogP contribution in [0, 0.1) is 4.91 Å². The van der Waals surface area contributed by atoms with E-state index >= 15 is 0 Å². The summed E-state index contributed by atoms with van der Waals surface area (Å²) in [5.41, 5.74) is 1.91. The summed E-state index contributed by atoms with van der Waals surface area (Å²) < 4.78 is 0. The Kier molecular flexibility index (Phi) is 10.5. The second-order valence-electron chi connectivity index (χ2n) is 2.46. The van der Waals surface area contributed by atoms with Crippen LogP contribution in [0.5, 0.6) is 0 Å². The molecular formula is C11H15N3O.